The molecule has 1 aliphatic carbocycles. The molecular weight excluding hydrogens is 202 g/mol. The molecule has 0 aromatic rings. The number of alkyl halides is 1. The Balaban J connectivity index is 2.04. The van der Waals surface area contributed by atoms with Crippen LogP contribution in [0.2, 0.25) is 0 Å². The zero-order chi connectivity index (χ0) is 9.97. The number of alkyl carbamates (subject to hydrolysis) is 1. The Morgan fingerprint density at radius 1 is 1.64 bits per heavy atom. The predicted octanol–water partition coefficient (Wildman–Crippen LogP) is 2.06. The van der Waals surface area contributed by atoms with Crippen LogP contribution in [0.15, 0.2) is 12.2 Å². The van der Waals surface area contributed by atoms with Gasteiger partial charge in [0.15, 0.2) is 0 Å². The van der Waals surface area contributed by atoms with Crippen LogP contribution < -0.4 is 5.32 Å². The fraction of sp³-hybridized carbons (Fsp3) is 0.700. The van der Waals surface area contributed by atoms with Crippen LogP contribution in [0.3, 0.4) is 0 Å². The maximum absolute atomic E-state index is 11.0. The van der Waals surface area contributed by atoms with Gasteiger partial charge in [-0.05, 0) is 19.3 Å². The lowest BCUT2D eigenvalue weighted by Gasteiger charge is -2.24. The normalized spacial score (nSPS) is 36.6. The fourth-order valence-corrected chi connectivity index (χ4v) is 2.35. The molecule has 78 valence electrons. The molecule has 1 saturated heterocycles. The number of ether oxygens (including phenoxy) is 1. The number of carbonyl (C=O) groups is 1. The third-order valence-corrected chi connectivity index (χ3v) is 3.16. The molecule has 1 N–H and O–H groups in total. The van der Waals surface area contributed by atoms with Crippen LogP contribution in [0, 0.1) is 5.92 Å². The van der Waals surface area contributed by atoms with Crippen LogP contribution in [-0.2, 0) is 4.74 Å². The van der Waals surface area contributed by atoms with Crippen LogP contribution in [0.5, 0.6) is 0 Å². The summed E-state index contributed by atoms with van der Waals surface area (Å²) >= 11 is 5.77. The molecule has 0 aromatic carbocycles. The average molecular weight is 216 g/mol. The molecule has 0 radical (unpaired) electrons. The summed E-state index contributed by atoms with van der Waals surface area (Å²) in [6, 6.07) is -0.0306. The second kappa shape index (κ2) is 4.22. The topological polar surface area (TPSA) is 38.3 Å². The van der Waals surface area contributed by atoms with Gasteiger partial charge in [-0.25, -0.2) is 4.79 Å². The Bertz CT molecular complexity index is 255. The highest BCUT2D eigenvalue weighted by molar-refractivity contribution is 6.18. The molecule has 1 heterocycles. The number of nitrogens with one attached hydrogen (secondary N) is 1. The van der Waals surface area contributed by atoms with Gasteiger partial charge in [0.05, 0.1) is 6.04 Å². The van der Waals surface area contributed by atoms with E-state index in [4.69, 9.17) is 16.3 Å². The molecule has 0 spiro atoms. The molecule has 4 heteroatoms. The molecule has 3 atom stereocenters. The predicted molar refractivity (Wildman–Crippen MR) is 54.4 cm³/mol. The zero-order valence-corrected chi connectivity index (χ0v) is 8.67. The molecule has 2 rings (SSSR count). The maximum Gasteiger partial charge on any atom is 0.407 e. The van der Waals surface area contributed by atoms with Crippen molar-refractivity contribution in [3.8, 4) is 0 Å². The van der Waals surface area contributed by atoms with E-state index in [1.807, 2.05) is 0 Å². The van der Waals surface area contributed by atoms with Crippen molar-refractivity contribution in [1.82, 2.24) is 5.32 Å². The molecule has 0 aromatic heterocycles. The minimum absolute atomic E-state index is 0.0306. The van der Waals surface area contributed by atoms with Gasteiger partial charge in [-0.1, -0.05) is 12.2 Å². The first-order valence-corrected chi connectivity index (χ1v) is 5.54. The summed E-state index contributed by atoms with van der Waals surface area (Å²) in [5, 5.41) is 2.72. The monoisotopic (exact) mass is 215 g/mol. The molecule has 2 aliphatic rings. The van der Waals surface area contributed by atoms with Crippen molar-refractivity contribution < 1.29 is 9.53 Å². The van der Waals surface area contributed by atoms with Gasteiger partial charge in [0.1, 0.15) is 6.10 Å². The van der Waals surface area contributed by atoms with E-state index in [9.17, 15) is 4.79 Å². The third kappa shape index (κ3) is 1.87. The average Bonchev–Trinajstić information content (AvgIpc) is 2.61. The highest BCUT2D eigenvalue weighted by Gasteiger charge is 2.38. The molecule has 1 aliphatic heterocycles. The first-order valence-electron chi connectivity index (χ1n) is 5.01. The van der Waals surface area contributed by atoms with Crippen molar-refractivity contribution in [2.45, 2.75) is 31.4 Å². The van der Waals surface area contributed by atoms with Crippen molar-refractivity contribution in [3.05, 3.63) is 12.2 Å². The van der Waals surface area contributed by atoms with Crippen LogP contribution in [0.1, 0.15) is 19.3 Å². The van der Waals surface area contributed by atoms with E-state index >= 15 is 0 Å². The summed E-state index contributed by atoms with van der Waals surface area (Å²) in [5.41, 5.74) is 0. The molecule has 3 nitrogen and oxygen atoms in total. The van der Waals surface area contributed by atoms with Crippen molar-refractivity contribution in [3.63, 3.8) is 0 Å². The maximum atomic E-state index is 11.0. The van der Waals surface area contributed by atoms with Crippen molar-refractivity contribution >= 4 is 17.7 Å². The van der Waals surface area contributed by atoms with Gasteiger partial charge in [0.25, 0.3) is 0 Å². The summed E-state index contributed by atoms with van der Waals surface area (Å²) < 4.78 is 5.22. The Morgan fingerprint density at radius 3 is 3.14 bits per heavy atom. The van der Waals surface area contributed by atoms with E-state index < -0.39 is 0 Å². The molecule has 2 unspecified atom stereocenters. The van der Waals surface area contributed by atoms with Crippen LogP contribution in [0.25, 0.3) is 0 Å². The lowest BCUT2D eigenvalue weighted by atomic mass is 9.88. The number of hydrogen-bond acceptors (Lipinski definition) is 2. The van der Waals surface area contributed by atoms with Gasteiger partial charge in [-0.3, -0.25) is 0 Å². The first-order chi connectivity index (χ1) is 6.81. The van der Waals surface area contributed by atoms with E-state index in [-0.39, 0.29) is 18.2 Å². The Morgan fingerprint density at radius 2 is 2.50 bits per heavy atom. The second-order valence-electron chi connectivity index (χ2n) is 3.80. The van der Waals surface area contributed by atoms with Gasteiger partial charge >= 0.3 is 6.09 Å². The van der Waals surface area contributed by atoms with Crippen LogP contribution >= 0.6 is 11.6 Å². The first kappa shape index (κ1) is 9.84. The number of rotatable bonds is 2. The van der Waals surface area contributed by atoms with Gasteiger partial charge < -0.3 is 10.1 Å². The zero-order valence-electron chi connectivity index (χ0n) is 7.91. The highest BCUT2D eigenvalue weighted by Crippen LogP contribution is 2.27. The number of cyclic esters (lactones) is 1. The molecule has 0 bridgehead atoms. The second-order valence-corrected chi connectivity index (χ2v) is 4.11. The van der Waals surface area contributed by atoms with E-state index in [0.29, 0.717) is 11.8 Å². The van der Waals surface area contributed by atoms with Crippen molar-refractivity contribution in [1.29, 1.82) is 0 Å². The van der Waals surface area contributed by atoms with Crippen molar-refractivity contribution in [2.75, 3.05) is 5.88 Å². The highest BCUT2D eigenvalue weighted by atomic mass is 35.5. The summed E-state index contributed by atoms with van der Waals surface area (Å²) in [7, 11) is 0. The van der Waals surface area contributed by atoms with E-state index in [0.717, 1.165) is 12.8 Å². The molecular formula is C10H14ClNO2. The summed E-state index contributed by atoms with van der Waals surface area (Å²) in [6.45, 7) is 0. The Labute approximate surface area is 88.5 Å². The van der Waals surface area contributed by atoms with Gasteiger partial charge in [0, 0.05) is 11.8 Å². The quantitative estimate of drug-likeness (QED) is 0.566. The van der Waals surface area contributed by atoms with Gasteiger partial charge in [-0.2, -0.15) is 0 Å². The lowest BCUT2D eigenvalue weighted by Crippen LogP contribution is -2.37. The number of halogens is 1. The molecule has 1 fully saturated rings. The number of carbonyl (C=O) groups excluding carboxylic acids is 1. The van der Waals surface area contributed by atoms with Crippen LogP contribution in [0.4, 0.5) is 4.79 Å². The smallest absolute Gasteiger partial charge is 0.407 e. The fourth-order valence-electron chi connectivity index (χ4n) is 2.10. The largest absolute Gasteiger partial charge is 0.443 e. The number of amides is 1. The molecule has 14 heavy (non-hydrogen) atoms. The Hall–Kier alpha value is -0.700. The minimum atomic E-state index is -0.334. The summed E-state index contributed by atoms with van der Waals surface area (Å²) in [4.78, 5) is 11.0. The molecule has 1 amide bonds. The lowest BCUT2D eigenvalue weighted by molar-refractivity contribution is 0.103. The van der Waals surface area contributed by atoms with E-state index in [2.05, 4.69) is 17.5 Å². The van der Waals surface area contributed by atoms with Gasteiger partial charge in [0.2, 0.25) is 0 Å². The SMILES string of the molecule is O=C1N[C@H](CCl)C(C2C=CCCC2)O1. The number of hydrogen-bond donors (Lipinski definition) is 1. The standard InChI is InChI=1S/C10H14ClNO2/c11-6-8-9(14-10(13)12-8)7-4-2-1-3-5-7/h2,4,7-9H,1,3,5-6H2,(H,12,13)/t7?,8-,9?/m1/s1. The summed E-state index contributed by atoms with van der Waals surface area (Å²) in [5.74, 6) is 0.757. The van der Waals surface area contributed by atoms with Crippen LogP contribution in [-0.4, -0.2) is 24.1 Å². The third-order valence-electron chi connectivity index (χ3n) is 2.82. The summed E-state index contributed by atoms with van der Waals surface area (Å²) in [6.07, 6.45) is 7.29. The Kier molecular flexibility index (Phi) is 2.96. The van der Waals surface area contributed by atoms with E-state index in [1.54, 1.807) is 0 Å². The van der Waals surface area contributed by atoms with Gasteiger partial charge in [-0.15, -0.1) is 11.6 Å². The van der Waals surface area contributed by atoms with Crippen molar-refractivity contribution in [2.24, 2.45) is 5.92 Å². The number of allylic oxidation sites excluding steroid dienone is 1. The minimum Gasteiger partial charge on any atom is -0.443 e. The van der Waals surface area contributed by atoms with E-state index in [1.165, 1.54) is 6.42 Å². The molecule has 0 saturated carbocycles.